The van der Waals surface area contributed by atoms with Crippen LogP contribution < -0.4 is 5.32 Å². The molecule has 0 radical (unpaired) electrons. The first kappa shape index (κ1) is 14.0. The molecule has 0 aliphatic rings. The fourth-order valence-corrected chi connectivity index (χ4v) is 1.52. The molecule has 17 heavy (non-hydrogen) atoms. The van der Waals surface area contributed by atoms with Gasteiger partial charge in [0.25, 0.3) is 0 Å². The molecule has 1 atom stereocenters. The summed E-state index contributed by atoms with van der Waals surface area (Å²) in [5.74, 6) is -0.617. The highest BCUT2D eigenvalue weighted by molar-refractivity contribution is 5.29. The van der Waals surface area contributed by atoms with Crippen LogP contribution in [0.5, 0.6) is 0 Å². The number of rotatable bonds is 4. The van der Waals surface area contributed by atoms with Gasteiger partial charge in [-0.3, -0.25) is 0 Å². The van der Waals surface area contributed by atoms with Gasteiger partial charge in [-0.05, 0) is 38.1 Å². The second kappa shape index (κ2) is 5.49. The van der Waals surface area contributed by atoms with Crippen molar-refractivity contribution in [1.29, 1.82) is 0 Å². The molecular weight excluding hydrogens is 234 g/mol. The summed E-state index contributed by atoms with van der Waals surface area (Å²) in [6.45, 7) is 4.22. The van der Waals surface area contributed by atoms with Crippen LogP contribution in [0.3, 0.4) is 0 Å². The zero-order chi connectivity index (χ0) is 13.1. The third-order valence-corrected chi connectivity index (χ3v) is 2.49. The summed E-state index contributed by atoms with van der Waals surface area (Å²) in [5, 5.41) is 2.96. The average molecular weight is 249 g/mol. The van der Waals surface area contributed by atoms with Crippen LogP contribution >= 0.6 is 0 Å². The van der Waals surface area contributed by atoms with Gasteiger partial charge in [-0.2, -0.15) is 13.2 Å². The van der Waals surface area contributed by atoms with Crippen molar-refractivity contribution in [2.24, 2.45) is 0 Å². The summed E-state index contributed by atoms with van der Waals surface area (Å²) in [4.78, 5) is 0. The molecule has 0 saturated carbocycles. The van der Waals surface area contributed by atoms with Gasteiger partial charge in [0.2, 0.25) is 0 Å². The average Bonchev–Trinajstić information content (AvgIpc) is 2.24. The third kappa shape index (κ3) is 3.70. The summed E-state index contributed by atoms with van der Waals surface area (Å²) in [5.41, 5.74) is -0.771. The molecule has 0 aliphatic heterocycles. The zero-order valence-electron chi connectivity index (χ0n) is 9.74. The highest BCUT2D eigenvalue weighted by Crippen LogP contribution is 2.31. The highest BCUT2D eigenvalue weighted by Gasteiger charge is 2.31. The molecule has 1 aromatic rings. The van der Waals surface area contributed by atoms with E-state index < -0.39 is 23.6 Å². The van der Waals surface area contributed by atoms with E-state index in [9.17, 15) is 17.6 Å². The quantitative estimate of drug-likeness (QED) is 0.798. The number of benzene rings is 1. The first-order valence-electron chi connectivity index (χ1n) is 5.46. The van der Waals surface area contributed by atoms with Gasteiger partial charge in [-0.25, -0.2) is 4.39 Å². The molecule has 0 aromatic heterocycles. The van der Waals surface area contributed by atoms with E-state index >= 15 is 0 Å². The lowest BCUT2D eigenvalue weighted by atomic mass is 10.0. The molecule has 5 heteroatoms. The summed E-state index contributed by atoms with van der Waals surface area (Å²) in [6.07, 6.45) is -3.60. The SMILES string of the molecule is CCCNC(C)c1cc(C(F)(F)F)ccc1F. The van der Waals surface area contributed by atoms with Gasteiger partial charge in [0.15, 0.2) is 0 Å². The smallest absolute Gasteiger partial charge is 0.310 e. The minimum atomic E-state index is -4.44. The first-order chi connectivity index (χ1) is 7.86. The molecule has 1 aromatic carbocycles. The van der Waals surface area contributed by atoms with Crippen molar-refractivity contribution in [1.82, 2.24) is 5.32 Å². The van der Waals surface area contributed by atoms with E-state index in [1.807, 2.05) is 6.92 Å². The van der Waals surface area contributed by atoms with Crippen LogP contribution in [0.4, 0.5) is 17.6 Å². The van der Waals surface area contributed by atoms with E-state index in [1.165, 1.54) is 0 Å². The van der Waals surface area contributed by atoms with Crippen LogP contribution in [0.2, 0.25) is 0 Å². The van der Waals surface area contributed by atoms with Crippen molar-refractivity contribution in [3.05, 3.63) is 35.1 Å². The second-order valence-corrected chi connectivity index (χ2v) is 3.91. The van der Waals surface area contributed by atoms with Gasteiger partial charge in [0.05, 0.1) is 5.56 Å². The topological polar surface area (TPSA) is 12.0 Å². The van der Waals surface area contributed by atoms with Gasteiger partial charge in [-0.15, -0.1) is 0 Å². The Kier molecular flexibility index (Phi) is 4.51. The summed E-state index contributed by atoms with van der Waals surface area (Å²) < 4.78 is 50.8. The van der Waals surface area contributed by atoms with Crippen molar-refractivity contribution in [2.75, 3.05) is 6.54 Å². The molecule has 1 unspecified atom stereocenters. The van der Waals surface area contributed by atoms with E-state index in [1.54, 1.807) is 6.92 Å². The predicted molar refractivity (Wildman–Crippen MR) is 58.1 cm³/mol. The monoisotopic (exact) mass is 249 g/mol. The summed E-state index contributed by atoms with van der Waals surface area (Å²) in [7, 11) is 0. The standard InChI is InChI=1S/C12H15F4N/c1-3-6-17-8(2)10-7-9(12(14,15)16)4-5-11(10)13/h4-5,7-8,17H,3,6H2,1-2H3. The number of hydrogen-bond acceptors (Lipinski definition) is 1. The van der Waals surface area contributed by atoms with E-state index in [4.69, 9.17) is 0 Å². The molecule has 0 aliphatic carbocycles. The maximum atomic E-state index is 13.4. The van der Waals surface area contributed by atoms with Crippen LogP contribution in [-0.2, 0) is 6.18 Å². The maximum absolute atomic E-state index is 13.4. The molecule has 1 N–H and O–H groups in total. The first-order valence-corrected chi connectivity index (χ1v) is 5.46. The Morgan fingerprint density at radius 1 is 1.29 bits per heavy atom. The van der Waals surface area contributed by atoms with Crippen molar-refractivity contribution in [3.8, 4) is 0 Å². The Bertz CT molecular complexity index is 373. The molecule has 0 heterocycles. The Morgan fingerprint density at radius 2 is 1.94 bits per heavy atom. The lowest BCUT2D eigenvalue weighted by Gasteiger charge is -2.16. The second-order valence-electron chi connectivity index (χ2n) is 3.91. The maximum Gasteiger partial charge on any atom is 0.416 e. The Hall–Kier alpha value is -1.10. The molecule has 0 amide bonds. The van der Waals surface area contributed by atoms with Crippen LogP contribution in [0.25, 0.3) is 0 Å². The van der Waals surface area contributed by atoms with Crippen molar-refractivity contribution < 1.29 is 17.6 Å². The normalized spacial score (nSPS) is 13.8. The molecule has 0 spiro atoms. The van der Waals surface area contributed by atoms with Crippen molar-refractivity contribution >= 4 is 0 Å². The lowest BCUT2D eigenvalue weighted by Crippen LogP contribution is -2.21. The van der Waals surface area contributed by atoms with Gasteiger partial charge >= 0.3 is 6.18 Å². The largest absolute Gasteiger partial charge is 0.416 e. The Balaban J connectivity index is 2.98. The van der Waals surface area contributed by atoms with Gasteiger partial charge < -0.3 is 5.32 Å². The molecule has 1 rings (SSSR count). The third-order valence-electron chi connectivity index (χ3n) is 2.49. The molecule has 0 bridgehead atoms. The fourth-order valence-electron chi connectivity index (χ4n) is 1.52. The van der Waals surface area contributed by atoms with E-state index in [-0.39, 0.29) is 5.56 Å². The Labute approximate surface area is 97.8 Å². The zero-order valence-corrected chi connectivity index (χ0v) is 9.74. The lowest BCUT2D eigenvalue weighted by molar-refractivity contribution is -0.137. The van der Waals surface area contributed by atoms with E-state index in [0.29, 0.717) is 6.54 Å². The molecule has 96 valence electrons. The number of halogens is 4. The predicted octanol–water partition coefficient (Wildman–Crippen LogP) is 3.91. The summed E-state index contributed by atoms with van der Waals surface area (Å²) in [6, 6.07) is 2.05. The fraction of sp³-hybridized carbons (Fsp3) is 0.500. The van der Waals surface area contributed by atoms with Crippen molar-refractivity contribution in [3.63, 3.8) is 0 Å². The number of nitrogens with one attached hydrogen (secondary N) is 1. The molecule has 0 fully saturated rings. The van der Waals surface area contributed by atoms with Crippen molar-refractivity contribution in [2.45, 2.75) is 32.5 Å². The van der Waals surface area contributed by atoms with Crippen LogP contribution in [0.15, 0.2) is 18.2 Å². The molecule has 1 nitrogen and oxygen atoms in total. The van der Waals surface area contributed by atoms with E-state index in [0.717, 1.165) is 24.6 Å². The number of alkyl halides is 3. The van der Waals surface area contributed by atoms with Crippen LogP contribution in [0.1, 0.15) is 37.4 Å². The van der Waals surface area contributed by atoms with Gasteiger partial charge in [0, 0.05) is 11.6 Å². The molecule has 0 saturated heterocycles. The van der Waals surface area contributed by atoms with Crippen LogP contribution in [-0.4, -0.2) is 6.54 Å². The highest BCUT2D eigenvalue weighted by atomic mass is 19.4. The number of hydrogen-bond donors (Lipinski definition) is 1. The van der Waals surface area contributed by atoms with Gasteiger partial charge in [0.1, 0.15) is 5.82 Å². The molecular formula is C12H15F4N. The Morgan fingerprint density at radius 3 is 2.47 bits per heavy atom. The van der Waals surface area contributed by atoms with Gasteiger partial charge in [-0.1, -0.05) is 6.92 Å². The minimum Gasteiger partial charge on any atom is -0.310 e. The minimum absolute atomic E-state index is 0.0493. The van der Waals surface area contributed by atoms with Crippen LogP contribution in [0, 0.1) is 5.82 Å². The van der Waals surface area contributed by atoms with E-state index in [2.05, 4.69) is 5.32 Å². The summed E-state index contributed by atoms with van der Waals surface area (Å²) >= 11 is 0.